The smallest absolute Gasteiger partial charge is 0.338 e. The van der Waals surface area contributed by atoms with Crippen LogP contribution in [0.3, 0.4) is 0 Å². The molecule has 27 heavy (non-hydrogen) atoms. The number of carbonyl (C=O) groups is 2. The van der Waals surface area contributed by atoms with Crippen molar-refractivity contribution in [1.82, 2.24) is 0 Å². The molecular weight excluding hydrogens is 344 g/mol. The van der Waals surface area contributed by atoms with Crippen LogP contribution in [0.5, 0.6) is 0 Å². The summed E-state index contributed by atoms with van der Waals surface area (Å²) in [7, 11) is 0. The second-order valence-electron chi connectivity index (χ2n) is 7.47. The summed E-state index contributed by atoms with van der Waals surface area (Å²) < 4.78 is 11.1. The van der Waals surface area contributed by atoms with Crippen LogP contribution in [0, 0.1) is 11.8 Å². The van der Waals surface area contributed by atoms with E-state index in [1.807, 2.05) is 12.1 Å². The van der Waals surface area contributed by atoms with Gasteiger partial charge in [0.1, 0.15) is 12.2 Å². The molecule has 5 atom stereocenters. The topological polar surface area (TPSA) is 72.8 Å². The average molecular weight is 372 g/mol. The van der Waals surface area contributed by atoms with E-state index in [9.17, 15) is 14.7 Å². The van der Waals surface area contributed by atoms with E-state index in [2.05, 4.69) is 6.92 Å². The maximum absolute atomic E-state index is 12.4. The summed E-state index contributed by atoms with van der Waals surface area (Å²) in [6, 6.07) is 8.89. The Morgan fingerprint density at radius 3 is 2.85 bits per heavy atom. The van der Waals surface area contributed by atoms with E-state index >= 15 is 0 Å². The number of aliphatic hydroxyl groups is 1. The van der Waals surface area contributed by atoms with E-state index in [-0.39, 0.29) is 36.0 Å². The van der Waals surface area contributed by atoms with Crippen molar-refractivity contribution in [3.63, 3.8) is 0 Å². The number of rotatable bonds is 8. The molecule has 0 unspecified atom stereocenters. The van der Waals surface area contributed by atoms with Crippen molar-refractivity contribution in [3.05, 3.63) is 48.0 Å². The maximum Gasteiger partial charge on any atom is 0.338 e. The molecule has 0 spiro atoms. The molecule has 0 aromatic heterocycles. The quantitative estimate of drug-likeness (QED) is 0.428. The molecule has 1 saturated heterocycles. The fourth-order valence-electron chi connectivity index (χ4n) is 4.03. The number of ether oxygens (including phenoxy) is 2. The summed E-state index contributed by atoms with van der Waals surface area (Å²) in [5.41, 5.74) is 0.508. The molecule has 146 valence electrons. The highest BCUT2D eigenvalue weighted by Crippen LogP contribution is 2.43. The highest BCUT2D eigenvalue weighted by atomic mass is 16.6. The van der Waals surface area contributed by atoms with Crippen LogP contribution in [0.1, 0.15) is 55.8 Å². The molecule has 1 N–H and O–H groups in total. The fraction of sp³-hybridized carbons (Fsp3) is 0.545. The van der Waals surface area contributed by atoms with Crippen LogP contribution >= 0.6 is 0 Å². The molecule has 2 fully saturated rings. The Morgan fingerprint density at radius 1 is 1.33 bits per heavy atom. The SMILES string of the molecule is CCCCC[C@@H](O)/C=C/[C@H]1[C@@H]2CC(=O)O[C@@H]2C[C@@H]1OC(=O)c1ccccc1. The van der Waals surface area contributed by atoms with Crippen molar-refractivity contribution in [1.29, 1.82) is 0 Å². The molecule has 1 aromatic rings. The molecule has 1 heterocycles. The lowest BCUT2D eigenvalue weighted by molar-refractivity contribution is -0.141. The second-order valence-corrected chi connectivity index (χ2v) is 7.47. The van der Waals surface area contributed by atoms with Crippen molar-refractivity contribution >= 4 is 11.9 Å². The summed E-state index contributed by atoms with van der Waals surface area (Å²) in [6.07, 6.45) is 7.39. The van der Waals surface area contributed by atoms with Gasteiger partial charge in [-0.15, -0.1) is 0 Å². The third kappa shape index (κ3) is 4.98. The summed E-state index contributed by atoms with van der Waals surface area (Å²) in [6.45, 7) is 2.13. The molecule has 3 rings (SSSR count). The number of hydrogen-bond acceptors (Lipinski definition) is 5. The number of benzene rings is 1. The molecule has 1 aliphatic carbocycles. The van der Waals surface area contributed by atoms with Crippen LogP contribution in [-0.2, 0) is 14.3 Å². The Labute approximate surface area is 160 Å². The van der Waals surface area contributed by atoms with Gasteiger partial charge in [0.2, 0.25) is 0 Å². The number of aliphatic hydroxyl groups excluding tert-OH is 1. The first kappa shape index (κ1) is 19.6. The van der Waals surface area contributed by atoms with E-state index in [0.29, 0.717) is 18.4 Å². The molecule has 0 radical (unpaired) electrons. The molecular formula is C22H28O5. The second kappa shape index (κ2) is 9.18. The zero-order valence-corrected chi connectivity index (χ0v) is 15.8. The number of hydrogen-bond donors (Lipinski definition) is 1. The predicted octanol–water partition coefficient (Wildman–Crippen LogP) is 3.66. The van der Waals surface area contributed by atoms with Crippen LogP contribution in [0.2, 0.25) is 0 Å². The molecule has 5 heteroatoms. The van der Waals surface area contributed by atoms with E-state index < -0.39 is 6.10 Å². The third-order valence-corrected chi connectivity index (χ3v) is 5.48. The number of carbonyl (C=O) groups excluding carboxylic acids is 2. The lowest BCUT2D eigenvalue weighted by Gasteiger charge is -2.20. The van der Waals surface area contributed by atoms with Crippen molar-refractivity contribution in [2.75, 3.05) is 0 Å². The van der Waals surface area contributed by atoms with Gasteiger partial charge in [0, 0.05) is 18.3 Å². The van der Waals surface area contributed by atoms with E-state index in [0.717, 1.165) is 25.7 Å². The minimum atomic E-state index is -0.515. The predicted molar refractivity (Wildman–Crippen MR) is 101 cm³/mol. The summed E-state index contributed by atoms with van der Waals surface area (Å²) in [5, 5.41) is 10.2. The normalized spacial score (nSPS) is 28.1. The minimum absolute atomic E-state index is 0.00478. The molecule has 0 bridgehead atoms. The van der Waals surface area contributed by atoms with Gasteiger partial charge in [0.25, 0.3) is 0 Å². The molecule has 1 aromatic carbocycles. The Hall–Kier alpha value is -2.14. The van der Waals surface area contributed by atoms with Gasteiger partial charge in [0.05, 0.1) is 18.1 Å². The molecule has 2 aliphatic rings. The maximum atomic E-state index is 12.4. The van der Waals surface area contributed by atoms with Crippen molar-refractivity contribution in [2.24, 2.45) is 11.8 Å². The van der Waals surface area contributed by atoms with Crippen LogP contribution in [0.4, 0.5) is 0 Å². The Balaban J connectivity index is 1.66. The first-order valence-electron chi connectivity index (χ1n) is 9.90. The monoisotopic (exact) mass is 372 g/mol. The number of esters is 2. The van der Waals surface area contributed by atoms with Crippen LogP contribution in [-0.4, -0.2) is 35.4 Å². The van der Waals surface area contributed by atoms with Crippen molar-refractivity contribution in [2.45, 2.75) is 63.8 Å². The summed E-state index contributed by atoms with van der Waals surface area (Å²) in [5.74, 6) is -0.673. The van der Waals surface area contributed by atoms with Crippen LogP contribution in [0.25, 0.3) is 0 Å². The van der Waals surface area contributed by atoms with Gasteiger partial charge in [-0.05, 0) is 18.6 Å². The lowest BCUT2D eigenvalue weighted by atomic mass is 9.91. The van der Waals surface area contributed by atoms with Gasteiger partial charge in [-0.3, -0.25) is 4.79 Å². The van der Waals surface area contributed by atoms with E-state index in [1.54, 1.807) is 30.3 Å². The molecule has 1 saturated carbocycles. The summed E-state index contributed by atoms with van der Waals surface area (Å²) in [4.78, 5) is 24.1. The highest BCUT2D eigenvalue weighted by Gasteiger charge is 2.50. The molecule has 5 nitrogen and oxygen atoms in total. The Bertz CT molecular complexity index is 669. The van der Waals surface area contributed by atoms with Gasteiger partial charge in [-0.25, -0.2) is 4.79 Å². The first-order chi connectivity index (χ1) is 13.1. The Morgan fingerprint density at radius 2 is 2.11 bits per heavy atom. The van der Waals surface area contributed by atoms with Gasteiger partial charge in [0.15, 0.2) is 0 Å². The highest BCUT2D eigenvalue weighted by molar-refractivity contribution is 5.89. The minimum Gasteiger partial charge on any atom is -0.462 e. The first-order valence-corrected chi connectivity index (χ1v) is 9.90. The fourth-order valence-corrected chi connectivity index (χ4v) is 4.03. The lowest BCUT2D eigenvalue weighted by Crippen LogP contribution is -2.25. The van der Waals surface area contributed by atoms with Crippen molar-refractivity contribution in [3.8, 4) is 0 Å². The Kier molecular flexibility index (Phi) is 6.67. The van der Waals surface area contributed by atoms with Gasteiger partial charge in [-0.2, -0.15) is 0 Å². The number of unbranched alkanes of at least 4 members (excludes halogenated alkanes) is 2. The zero-order valence-electron chi connectivity index (χ0n) is 15.8. The van der Waals surface area contributed by atoms with E-state index in [1.165, 1.54) is 0 Å². The van der Waals surface area contributed by atoms with E-state index in [4.69, 9.17) is 9.47 Å². The van der Waals surface area contributed by atoms with Crippen LogP contribution < -0.4 is 0 Å². The van der Waals surface area contributed by atoms with Gasteiger partial charge in [-0.1, -0.05) is 56.5 Å². The standard InChI is InChI=1S/C22H28O5/c1-2-3-5-10-16(23)11-12-17-18-13-21(24)26-20(18)14-19(17)27-22(25)15-8-6-4-7-9-15/h4,6-9,11-12,16-20,23H,2-3,5,10,13-14H2,1H3/b12-11+/t16-,17+,18+,19+,20-/m1/s1. The van der Waals surface area contributed by atoms with Gasteiger partial charge >= 0.3 is 11.9 Å². The summed E-state index contributed by atoms with van der Waals surface area (Å²) >= 11 is 0. The third-order valence-electron chi connectivity index (χ3n) is 5.48. The average Bonchev–Trinajstić information content (AvgIpc) is 3.16. The van der Waals surface area contributed by atoms with Crippen molar-refractivity contribution < 1.29 is 24.2 Å². The van der Waals surface area contributed by atoms with Crippen LogP contribution in [0.15, 0.2) is 42.5 Å². The largest absolute Gasteiger partial charge is 0.462 e. The molecule has 1 aliphatic heterocycles. The molecule has 0 amide bonds. The number of fused-ring (bicyclic) bond motifs is 1. The van der Waals surface area contributed by atoms with Gasteiger partial charge < -0.3 is 14.6 Å². The zero-order chi connectivity index (χ0) is 19.2.